The molecular weight excluding hydrogens is 320 g/mol. The monoisotopic (exact) mass is 333 g/mol. The van der Waals surface area contributed by atoms with Gasteiger partial charge in [0.25, 0.3) is 0 Å². The molecule has 2 unspecified atom stereocenters. The molecule has 0 aromatic heterocycles. The molecule has 1 aliphatic heterocycles. The Kier molecular flexibility index (Phi) is 4.65. The Morgan fingerprint density at radius 3 is 2.89 bits per heavy atom. The van der Waals surface area contributed by atoms with E-state index in [4.69, 9.17) is 4.74 Å². The van der Waals surface area contributed by atoms with Gasteiger partial charge in [-0.25, -0.2) is 8.78 Å². The van der Waals surface area contributed by atoms with Crippen molar-refractivity contribution >= 4 is 21.7 Å². The van der Waals surface area contributed by atoms with Gasteiger partial charge in [0.15, 0.2) is 11.6 Å². The number of ether oxygens (including phenoxy) is 1. The van der Waals surface area contributed by atoms with E-state index in [9.17, 15) is 13.6 Å². The molecule has 1 N–H and O–H groups in total. The van der Waals surface area contributed by atoms with Crippen molar-refractivity contribution in [1.82, 2.24) is 5.32 Å². The Bertz CT molecular complexity index is 496. The second-order valence-electron chi connectivity index (χ2n) is 4.39. The minimum Gasteiger partial charge on any atom is -0.379 e. The Hall–Kier alpha value is -0.850. The van der Waals surface area contributed by atoms with E-state index < -0.39 is 28.9 Å². The maximum Gasteiger partial charge on any atom is 0.175 e. The quantitative estimate of drug-likeness (QED) is 0.679. The molecule has 0 radical (unpaired) electrons. The summed E-state index contributed by atoms with van der Waals surface area (Å²) >= 11 is 2.96. The number of likely N-dealkylation sites (N-methyl/N-ethyl adjacent to an activating group) is 1. The molecule has 0 amide bonds. The number of hydrogen-bond acceptors (Lipinski definition) is 3. The maximum absolute atomic E-state index is 13.9. The zero-order valence-corrected chi connectivity index (χ0v) is 12.0. The normalized spacial score (nSPS) is 22.7. The molecule has 1 fully saturated rings. The molecule has 1 aliphatic rings. The van der Waals surface area contributed by atoms with Crippen molar-refractivity contribution in [3.05, 3.63) is 33.8 Å². The summed E-state index contributed by atoms with van der Waals surface area (Å²) < 4.78 is 32.9. The highest BCUT2D eigenvalue weighted by molar-refractivity contribution is 9.10. The van der Waals surface area contributed by atoms with E-state index in [2.05, 4.69) is 21.2 Å². The molecule has 0 saturated carbocycles. The lowest BCUT2D eigenvalue weighted by Gasteiger charge is -2.17. The van der Waals surface area contributed by atoms with Crippen molar-refractivity contribution in [2.75, 3.05) is 19.8 Å². The predicted molar refractivity (Wildman–Crippen MR) is 70.2 cm³/mol. The zero-order valence-electron chi connectivity index (χ0n) is 10.4. The maximum atomic E-state index is 13.9. The number of rotatable bonds is 4. The number of benzene rings is 1. The number of halogens is 3. The molecule has 6 heteroatoms. The Labute approximate surface area is 118 Å². The van der Waals surface area contributed by atoms with Crippen molar-refractivity contribution in [1.29, 1.82) is 0 Å². The molecule has 104 valence electrons. The van der Waals surface area contributed by atoms with Gasteiger partial charge in [-0.2, -0.15) is 0 Å². The summed E-state index contributed by atoms with van der Waals surface area (Å²) in [6, 6.07) is 2.13. The lowest BCUT2D eigenvalue weighted by molar-refractivity contribution is 0.0883. The fraction of sp³-hybridized carbons (Fsp3) is 0.462. The van der Waals surface area contributed by atoms with E-state index in [1.165, 1.54) is 6.07 Å². The summed E-state index contributed by atoms with van der Waals surface area (Å²) in [7, 11) is 0. The van der Waals surface area contributed by atoms with Crippen molar-refractivity contribution in [3.63, 3.8) is 0 Å². The first-order valence-electron chi connectivity index (χ1n) is 6.05. The lowest BCUT2D eigenvalue weighted by Crippen LogP contribution is -2.39. The third-order valence-electron chi connectivity index (χ3n) is 3.17. The van der Waals surface area contributed by atoms with Crippen LogP contribution >= 0.6 is 15.9 Å². The highest BCUT2D eigenvalue weighted by atomic mass is 79.9. The fourth-order valence-corrected chi connectivity index (χ4v) is 2.54. The van der Waals surface area contributed by atoms with E-state index in [0.29, 0.717) is 13.2 Å². The zero-order chi connectivity index (χ0) is 14.0. The van der Waals surface area contributed by atoms with Crippen LogP contribution in [-0.4, -0.2) is 31.6 Å². The molecular formula is C13H14BrF2NO2. The van der Waals surface area contributed by atoms with Gasteiger partial charge in [-0.05, 0) is 34.6 Å². The van der Waals surface area contributed by atoms with Crippen molar-refractivity contribution in [2.24, 2.45) is 5.92 Å². The molecule has 19 heavy (non-hydrogen) atoms. The molecule has 0 aliphatic carbocycles. The highest BCUT2D eigenvalue weighted by Gasteiger charge is 2.36. The van der Waals surface area contributed by atoms with E-state index in [1.54, 1.807) is 0 Å². The van der Waals surface area contributed by atoms with Crippen LogP contribution in [0, 0.1) is 17.6 Å². The number of hydrogen-bond donors (Lipinski definition) is 1. The first kappa shape index (κ1) is 14.6. The van der Waals surface area contributed by atoms with Crippen molar-refractivity contribution < 1.29 is 18.3 Å². The Morgan fingerprint density at radius 2 is 2.21 bits per heavy atom. The van der Waals surface area contributed by atoms with Crippen LogP contribution in [0.4, 0.5) is 8.78 Å². The Balaban J connectivity index is 2.31. The number of carbonyl (C=O) groups is 1. The van der Waals surface area contributed by atoms with Gasteiger partial charge in [0.05, 0.1) is 29.2 Å². The molecule has 1 aromatic rings. The molecule has 1 saturated heterocycles. The number of carbonyl (C=O) groups excluding carboxylic acids is 1. The molecule has 1 heterocycles. The van der Waals surface area contributed by atoms with Gasteiger partial charge in [0.1, 0.15) is 5.82 Å². The van der Waals surface area contributed by atoms with Crippen LogP contribution in [0.3, 0.4) is 0 Å². The van der Waals surface area contributed by atoms with Gasteiger partial charge >= 0.3 is 0 Å². The summed E-state index contributed by atoms with van der Waals surface area (Å²) in [5.74, 6) is -2.81. The fourth-order valence-electron chi connectivity index (χ4n) is 2.21. The number of Topliss-reactive ketones (excluding diaryl/α,β-unsaturated/α-hetero) is 1. The predicted octanol–water partition coefficient (Wildman–Crippen LogP) is 2.53. The van der Waals surface area contributed by atoms with Gasteiger partial charge in [-0.15, -0.1) is 0 Å². The molecule has 2 rings (SSSR count). The van der Waals surface area contributed by atoms with Crippen LogP contribution in [0.25, 0.3) is 0 Å². The second-order valence-corrected chi connectivity index (χ2v) is 5.24. The largest absolute Gasteiger partial charge is 0.379 e. The van der Waals surface area contributed by atoms with Crippen molar-refractivity contribution in [2.45, 2.75) is 13.0 Å². The molecule has 2 atom stereocenters. The SMILES string of the molecule is CCNC1COCC1C(=O)c1c(F)ccc(Br)c1F. The summed E-state index contributed by atoms with van der Waals surface area (Å²) in [6.45, 7) is 3.13. The standard InChI is InChI=1S/C13H14BrF2NO2/c1-2-17-10-6-19-5-7(10)13(18)11-9(15)4-3-8(14)12(11)16/h3-4,7,10,17H,2,5-6H2,1H3. The topological polar surface area (TPSA) is 38.3 Å². The van der Waals surface area contributed by atoms with Gasteiger partial charge in [0, 0.05) is 6.04 Å². The summed E-state index contributed by atoms with van der Waals surface area (Å²) in [4.78, 5) is 12.3. The summed E-state index contributed by atoms with van der Waals surface area (Å²) in [5, 5.41) is 3.10. The van der Waals surface area contributed by atoms with Gasteiger partial charge < -0.3 is 10.1 Å². The number of nitrogens with one attached hydrogen (secondary N) is 1. The molecule has 0 spiro atoms. The van der Waals surface area contributed by atoms with Crippen LogP contribution in [0.1, 0.15) is 17.3 Å². The summed E-state index contributed by atoms with van der Waals surface area (Å²) in [6.07, 6.45) is 0. The van der Waals surface area contributed by atoms with Crippen LogP contribution in [0.2, 0.25) is 0 Å². The van der Waals surface area contributed by atoms with Crippen LogP contribution < -0.4 is 5.32 Å². The molecule has 1 aromatic carbocycles. The van der Waals surface area contributed by atoms with E-state index in [1.807, 2.05) is 6.92 Å². The molecule has 0 bridgehead atoms. The first-order chi connectivity index (χ1) is 9.06. The average molecular weight is 334 g/mol. The first-order valence-corrected chi connectivity index (χ1v) is 6.84. The van der Waals surface area contributed by atoms with E-state index in [-0.39, 0.29) is 17.1 Å². The smallest absolute Gasteiger partial charge is 0.175 e. The third kappa shape index (κ3) is 2.85. The minimum atomic E-state index is -0.854. The van der Waals surface area contributed by atoms with E-state index in [0.717, 1.165) is 6.07 Å². The second kappa shape index (κ2) is 6.07. The van der Waals surface area contributed by atoms with Gasteiger partial charge in [0.2, 0.25) is 0 Å². The van der Waals surface area contributed by atoms with Crippen LogP contribution in [-0.2, 0) is 4.74 Å². The Morgan fingerprint density at radius 1 is 1.47 bits per heavy atom. The van der Waals surface area contributed by atoms with Gasteiger partial charge in [-0.3, -0.25) is 4.79 Å². The van der Waals surface area contributed by atoms with E-state index >= 15 is 0 Å². The lowest BCUT2D eigenvalue weighted by atomic mass is 9.92. The van der Waals surface area contributed by atoms with Gasteiger partial charge in [-0.1, -0.05) is 6.92 Å². The third-order valence-corrected chi connectivity index (χ3v) is 3.79. The minimum absolute atomic E-state index is 0.0798. The summed E-state index contributed by atoms with van der Waals surface area (Å²) in [5.41, 5.74) is -0.493. The van der Waals surface area contributed by atoms with Crippen LogP contribution in [0.15, 0.2) is 16.6 Å². The van der Waals surface area contributed by atoms with Crippen molar-refractivity contribution in [3.8, 4) is 0 Å². The highest BCUT2D eigenvalue weighted by Crippen LogP contribution is 2.27. The molecule has 3 nitrogen and oxygen atoms in total. The average Bonchev–Trinajstić information content (AvgIpc) is 2.83. The van der Waals surface area contributed by atoms with Crippen LogP contribution in [0.5, 0.6) is 0 Å². The number of ketones is 1.